The van der Waals surface area contributed by atoms with E-state index in [0.29, 0.717) is 61.0 Å². The van der Waals surface area contributed by atoms with E-state index in [4.69, 9.17) is 16.3 Å². The van der Waals surface area contributed by atoms with Gasteiger partial charge in [0.1, 0.15) is 12.4 Å². The predicted octanol–water partition coefficient (Wildman–Crippen LogP) is 9.59. The molecule has 56 heavy (non-hydrogen) atoms. The van der Waals surface area contributed by atoms with E-state index in [-0.39, 0.29) is 63.7 Å². The molecule has 11 unspecified atom stereocenters. The van der Waals surface area contributed by atoms with Crippen LogP contribution in [0.5, 0.6) is 0 Å². The second kappa shape index (κ2) is 15.3. The summed E-state index contributed by atoms with van der Waals surface area (Å²) in [5.41, 5.74) is 3.20. The quantitative estimate of drug-likeness (QED) is 0.164. The number of hydrogen-bond donors (Lipinski definition) is 0. The third-order valence-corrected chi connectivity index (χ3v) is 17.4. The van der Waals surface area contributed by atoms with Crippen molar-refractivity contribution in [2.75, 3.05) is 27.2 Å². The smallest absolute Gasteiger partial charge is 0.309 e. The van der Waals surface area contributed by atoms with Crippen LogP contribution >= 0.6 is 11.6 Å². The van der Waals surface area contributed by atoms with E-state index in [1.54, 1.807) is 0 Å². The van der Waals surface area contributed by atoms with E-state index in [0.717, 1.165) is 75.3 Å². The molecule has 7 nitrogen and oxygen atoms in total. The summed E-state index contributed by atoms with van der Waals surface area (Å²) in [6.45, 7) is 18.2. The van der Waals surface area contributed by atoms with E-state index in [1.807, 2.05) is 50.2 Å². The third kappa shape index (κ3) is 6.94. The van der Waals surface area contributed by atoms with Gasteiger partial charge in [0.05, 0.1) is 5.92 Å². The highest BCUT2D eigenvalue weighted by Gasteiger charge is 2.67. The molecule has 8 heteroatoms. The molecular formula is C48H69ClN2O5. The number of benzene rings is 1. The number of ether oxygens (including phenoxy) is 1. The summed E-state index contributed by atoms with van der Waals surface area (Å²) in [4.78, 5) is 57.8. The molecule has 6 aliphatic carbocycles. The number of carbonyl (C=O) groups excluding carboxylic acids is 4. The van der Waals surface area contributed by atoms with Gasteiger partial charge in [0.15, 0.2) is 5.78 Å². The number of nitrogens with zero attached hydrogens (tertiary/aromatic N) is 2. The molecule has 1 aromatic rings. The minimum atomic E-state index is -0.400. The van der Waals surface area contributed by atoms with Crippen LogP contribution < -0.4 is 0 Å². The molecule has 1 aromatic carbocycles. The first-order chi connectivity index (χ1) is 26.4. The van der Waals surface area contributed by atoms with Gasteiger partial charge in [-0.05, 0) is 141 Å². The number of allylic oxidation sites excluding steroid dienone is 2. The third-order valence-electron chi connectivity index (χ3n) is 17.2. The first-order valence-corrected chi connectivity index (χ1v) is 22.3. The topological polar surface area (TPSA) is 84.0 Å². The molecule has 0 spiro atoms. The molecule has 0 radical (unpaired) electrons. The maximum Gasteiger partial charge on any atom is 0.309 e. The molecule has 6 aliphatic rings. The van der Waals surface area contributed by atoms with Crippen molar-refractivity contribution in [1.29, 1.82) is 0 Å². The van der Waals surface area contributed by atoms with Crippen molar-refractivity contribution in [3.8, 4) is 0 Å². The van der Waals surface area contributed by atoms with Gasteiger partial charge in [-0.1, -0.05) is 77.8 Å². The lowest BCUT2D eigenvalue weighted by atomic mass is 9.36. The lowest BCUT2D eigenvalue weighted by Gasteiger charge is -2.69. The van der Waals surface area contributed by atoms with E-state index in [9.17, 15) is 19.2 Å². The number of Topliss-reactive ketones (excluding diaryl/α,β-unsaturated/α-hetero) is 1. The molecule has 0 N–H and O–H groups in total. The Morgan fingerprint density at radius 1 is 0.929 bits per heavy atom. The van der Waals surface area contributed by atoms with Crippen LogP contribution in [-0.4, -0.2) is 67.0 Å². The fourth-order valence-corrected chi connectivity index (χ4v) is 14.3. The number of hydrogen-bond acceptors (Lipinski definition) is 6. The highest BCUT2D eigenvalue weighted by atomic mass is 35.5. The number of aldehydes is 1. The Balaban J connectivity index is 1.13. The Morgan fingerprint density at radius 2 is 1.62 bits per heavy atom. The Labute approximate surface area is 342 Å². The van der Waals surface area contributed by atoms with Crippen LogP contribution in [0.3, 0.4) is 0 Å². The lowest BCUT2D eigenvalue weighted by molar-refractivity contribution is -0.217. The number of halogens is 1. The van der Waals surface area contributed by atoms with E-state index < -0.39 is 5.41 Å². The van der Waals surface area contributed by atoms with Crippen LogP contribution in [0.2, 0.25) is 5.02 Å². The van der Waals surface area contributed by atoms with Gasteiger partial charge in [0.2, 0.25) is 5.91 Å². The first-order valence-electron chi connectivity index (χ1n) is 22.0. The molecule has 11 atom stereocenters. The number of rotatable bonds is 11. The van der Waals surface area contributed by atoms with E-state index >= 15 is 0 Å². The fourth-order valence-electron chi connectivity index (χ4n) is 14.2. The summed E-state index contributed by atoms with van der Waals surface area (Å²) in [5, 5.41) is 0.688. The Hall–Kier alpha value is -2.51. The Morgan fingerprint density at radius 3 is 2.27 bits per heavy atom. The summed E-state index contributed by atoms with van der Waals surface area (Å²) in [6.07, 6.45) is 10.8. The van der Waals surface area contributed by atoms with Crippen molar-refractivity contribution in [1.82, 2.24) is 9.80 Å². The molecule has 0 aromatic heterocycles. The lowest BCUT2D eigenvalue weighted by Crippen LogP contribution is -2.63. The summed E-state index contributed by atoms with van der Waals surface area (Å²) in [6, 6.07) is 7.81. The van der Waals surface area contributed by atoms with Gasteiger partial charge in [-0.25, -0.2) is 0 Å². The standard InChI is InChI=1S/C48H69ClN2O5/c1-29(2)42-37(53)25-48(26-41(54)51(23-22-50(8)9)27-31-10-12-33(49)13-11-31)21-16-36-34(43(42)48)14-15-39-46(36,6)19-17-38-45(4,5)40(18-20-47(38,39)7)56-44(55)35-24-32(28-52)30(35)3/h10-13,28-30,32,34-36,38-40H,14-27H2,1-9H3. The van der Waals surface area contributed by atoms with Gasteiger partial charge >= 0.3 is 5.97 Å². The van der Waals surface area contributed by atoms with Crippen molar-refractivity contribution < 1.29 is 23.9 Å². The summed E-state index contributed by atoms with van der Waals surface area (Å²) >= 11 is 6.22. The van der Waals surface area contributed by atoms with Gasteiger partial charge in [-0.2, -0.15) is 0 Å². The number of carbonyl (C=O) groups is 4. The maximum absolute atomic E-state index is 14.6. The Bertz CT molecular complexity index is 1730. The van der Waals surface area contributed by atoms with Gasteiger partial charge < -0.3 is 19.3 Å². The zero-order chi connectivity index (χ0) is 40.5. The van der Waals surface area contributed by atoms with Crippen LogP contribution in [0.25, 0.3) is 0 Å². The molecule has 0 saturated heterocycles. The van der Waals surface area contributed by atoms with Crippen LogP contribution in [-0.2, 0) is 30.5 Å². The monoisotopic (exact) mass is 788 g/mol. The first kappa shape index (κ1) is 41.6. The summed E-state index contributed by atoms with van der Waals surface area (Å²) < 4.78 is 6.40. The molecule has 0 aliphatic heterocycles. The van der Waals surface area contributed by atoms with E-state index in [2.05, 4.69) is 46.4 Å². The number of esters is 1. The summed E-state index contributed by atoms with van der Waals surface area (Å²) in [5.74, 6) is 2.16. The molecular weight excluding hydrogens is 720 g/mol. The van der Waals surface area contributed by atoms with Gasteiger partial charge in [0.25, 0.3) is 0 Å². The van der Waals surface area contributed by atoms with Gasteiger partial charge in [0, 0.05) is 54.2 Å². The van der Waals surface area contributed by atoms with Crippen LogP contribution in [0.15, 0.2) is 35.4 Å². The second-order valence-electron chi connectivity index (χ2n) is 21.1. The fraction of sp³-hybridized carbons (Fsp3) is 0.750. The predicted molar refractivity (Wildman–Crippen MR) is 222 cm³/mol. The average Bonchev–Trinajstić information content (AvgIpc) is 3.43. The van der Waals surface area contributed by atoms with Crippen molar-refractivity contribution in [3.63, 3.8) is 0 Å². The van der Waals surface area contributed by atoms with Crippen molar-refractivity contribution in [2.45, 2.75) is 132 Å². The van der Waals surface area contributed by atoms with Crippen molar-refractivity contribution in [2.24, 2.45) is 69.0 Å². The maximum atomic E-state index is 14.6. The molecule has 0 heterocycles. The number of fused-ring (bicyclic) bond motifs is 7. The zero-order valence-corrected chi connectivity index (χ0v) is 36.6. The van der Waals surface area contributed by atoms with Crippen molar-refractivity contribution >= 4 is 35.5 Å². The highest BCUT2D eigenvalue weighted by Crippen LogP contribution is 2.73. The Kier molecular flexibility index (Phi) is 11.3. The van der Waals surface area contributed by atoms with Crippen molar-refractivity contribution in [3.05, 3.63) is 46.0 Å². The molecule has 308 valence electrons. The van der Waals surface area contributed by atoms with Crippen LogP contribution in [0.4, 0.5) is 0 Å². The van der Waals surface area contributed by atoms with Gasteiger partial charge in [-0.15, -0.1) is 0 Å². The molecule has 5 saturated carbocycles. The highest BCUT2D eigenvalue weighted by molar-refractivity contribution is 6.30. The van der Waals surface area contributed by atoms with Gasteiger partial charge in [-0.3, -0.25) is 14.4 Å². The average molecular weight is 790 g/mol. The summed E-state index contributed by atoms with van der Waals surface area (Å²) in [7, 11) is 4.09. The minimum Gasteiger partial charge on any atom is -0.462 e. The minimum absolute atomic E-state index is 0.0237. The second-order valence-corrected chi connectivity index (χ2v) is 21.5. The molecule has 7 rings (SSSR count). The normalized spacial score (nSPS) is 38.6. The number of likely N-dealkylation sites (N-methyl/N-ethyl adjacent to an activating group) is 1. The number of amides is 1. The van der Waals surface area contributed by atoms with Crippen LogP contribution in [0.1, 0.15) is 125 Å². The molecule has 0 bridgehead atoms. The zero-order valence-electron chi connectivity index (χ0n) is 35.8. The van der Waals surface area contributed by atoms with E-state index in [1.165, 1.54) is 5.57 Å². The molecule has 1 amide bonds. The SMILES string of the molecule is CC(C)C1=C2C3CCC4C(C)(CCC5C(C)(C)C(OC(=O)C6CC(C=O)C6C)CCC54C)C3CCC2(CC(=O)N(CCN(C)C)Cc2ccc(Cl)cc2)CC1=O. The largest absolute Gasteiger partial charge is 0.462 e. The van der Waals surface area contributed by atoms with Crippen LogP contribution in [0, 0.1) is 69.0 Å². The molecule has 5 fully saturated rings. The number of ketones is 1.